The van der Waals surface area contributed by atoms with Crippen molar-refractivity contribution in [3.8, 4) is 0 Å². The molecule has 0 saturated heterocycles. The predicted octanol–water partition coefficient (Wildman–Crippen LogP) is 2.48. The fourth-order valence-electron chi connectivity index (χ4n) is 1.28. The van der Waals surface area contributed by atoms with Crippen LogP contribution in [0.5, 0.6) is 0 Å². The molecule has 0 fully saturated rings. The summed E-state index contributed by atoms with van der Waals surface area (Å²) in [6, 6.07) is 0. The third kappa shape index (κ3) is 72.9. The minimum atomic E-state index is -2.40. The summed E-state index contributed by atoms with van der Waals surface area (Å²) in [7, 11) is -9.59. The van der Waals surface area contributed by atoms with Crippen molar-refractivity contribution in [3.05, 3.63) is 0 Å². The van der Waals surface area contributed by atoms with Crippen molar-refractivity contribution in [3.63, 3.8) is 0 Å². The smallest absolute Gasteiger partial charge is 0.802 e. The Morgan fingerprint density at radius 2 is 0.586 bits per heavy atom. The van der Waals surface area contributed by atoms with Crippen LogP contribution in [0.2, 0.25) is 0 Å². The Morgan fingerprint density at radius 3 is 0.621 bits per heavy atom. The van der Waals surface area contributed by atoms with Crippen LogP contribution in [0, 0.1) is 0 Å². The molecule has 4 unspecified atom stereocenters. The molecule has 0 bridgehead atoms. The molecule has 0 aliphatic heterocycles. The van der Waals surface area contributed by atoms with Crippen LogP contribution < -0.4 is 19.6 Å². The molecule has 0 rings (SSSR count). The zero-order chi connectivity index (χ0) is 22.8. The van der Waals surface area contributed by atoms with E-state index in [1.54, 1.807) is 0 Å². The maximum atomic E-state index is 9.83. The Kier molecular flexibility index (Phi) is 51.7. The molecule has 4 atom stereocenters. The monoisotopic (exact) mass is 582 g/mol. The van der Waals surface area contributed by atoms with Gasteiger partial charge in [-0.05, 0) is 50.3 Å². The first kappa shape index (κ1) is 40.8. The third-order valence-corrected chi connectivity index (χ3v) is 5.99. The molecule has 0 saturated carbocycles. The van der Waals surface area contributed by atoms with Gasteiger partial charge in [0.25, 0.3) is 0 Å². The van der Waals surface area contributed by atoms with E-state index in [1.165, 1.54) is 0 Å². The van der Waals surface area contributed by atoms with Gasteiger partial charge in [-0.15, -0.1) is 0 Å². The zero-order valence-electron chi connectivity index (χ0n) is 18.2. The van der Waals surface area contributed by atoms with Gasteiger partial charge < -0.3 is 37.8 Å². The van der Waals surface area contributed by atoms with Gasteiger partial charge >= 0.3 is 21.1 Å². The molecule has 0 N–H and O–H groups in total. The van der Waals surface area contributed by atoms with E-state index in [1.807, 2.05) is 27.7 Å². The Hall–Kier alpha value is 1.45. The summed E-state index contributed by atoms with van der Waals surface area (Å²) in [5.41, 5.74) is 0. The Morgan fingerprint density at radius 1 is 0.448 bits per heavy atom. The summed E-state index contributed by atoms with van der Waals surface area (Å²) in [4.78, 5) is 39.3. The Balaban J connectivity index is -0.0000000873. The van der Waals surface area contributed by atoms with Gasteiger partial charge in [0.15, 0.2) is 0 Å². The molecule has 0 aliphatic rings. The quantitative estimate of drug-likeness (QED) is 0.251. The maximum absolute atomic E-state index is 9.83. The van der Waals surface area contributed by atoms with Gasteiger partial charge in [0.2, 0.25) is 0 Å². The summed E-state index contributed by atoms with van der Waals surface area (Å²) in [5.74, 6) is 0. The molecule has 0 radical (unpaired) electrons. The van der Waals surface area contributed by atoms with Crippen molar-refractivity contribution < 1.29 is 58.9 Å². The van der Waals surface area contributed by atoms with E-state index in [0.29, 0.717) is 24.6 Å². The standard InChI is InChI=1S/4C4H11O2P.Mo/c4*1-2-3-4-7(5)6;/h4*7H,2-4H2,1H3,(H,5,6);/q;;;;+4/p-4. The SMILES string of the molecule is CCCC[PH](=O)[O-].CCCC[PH](=O)[O-].CCCC[PH](=O)[O-].CCCC[PH](=O)[O-].[Mo+4]. The predicted molar refractivity (Wildman–Crippen MR) is 115 cm³/mol. The van der Waals surface area contributed by atoms with E-state index in [0.717, 1.165) is 51.4 Å². The second kappa shape index (κ2) is 36.8. The molecule has 0 aliphatic carbocycles. The van der Waals surface area contributed by atoms with Gasteiger partial charge in [0, 0.05) is 32.1 Å². The van der Waals surface area contributed by atoms with Crippen molar-refractivity contribution in [1.82, 2.24) is 0 Å². The fourth-order valence-corrected chi connectivity index (χ4v) is 3.85. The molecule has 0 spiro atoms. The fraction of sp³-hybridized carbons (Fsp3) is 1.00. The first-order valence-electron chi connectivity index (χ1n) is 9.88. The molecular weight excluding hydrogens is 540 g/mol. The van der Waals surface area contributed by atoms with Gasteiger partial charge in [-0.2, -0.15) is 0 Å². The summed E-state index contributed by atoms with van der Waals surface area (Å²) in [6.07, 6.45) is 8.73. The summed E-state index contributed by atoms with van der Waals surface area (Å²) in [5, 5.41) is 0. The van der Waals surface area contributed by atoms with Crippen LogP contribution in [0.4, 0.5) is 0 Å². The molecule has 0 aromatic carbocycles. The second-order valence-corrected chi connectivity index (χ2v) is 10.9. The van der Waals surface area contributed by atoms with Crippen LogP contribution in [0.3, 0.4) is 0 Å². The second-order valence-electron chi connectivity index (χ2n) is 5.90. The van der Waals surface area contributed by atoms with E-state index >= 15 is 0 Å². The van der Waals surface area contributed by atoms with Crippen molar-refractivity contribution in [2.75, 3.05) is 24.6 Å². The van der Waals surface area contributed by atoms with E-state index in [2.05, 4.69) is 0 Å². The summed E-state index contributed by atoms with van der Waals surface area (Å²) in [6.45, 7) is 7.91. The van der Waals surface area contributed by atoms with E-state index < -0.39 is 32.1 Å². The minimum Gasteiger partial charge on any atom is -0.802 e. The molecule has 29 heavy (non-hydrogen) atoms. The third-order valence-electron chi connectivity index (χ3n) is 2.94. The summed E-state index contributed by atoms with van der Waals surface area (Å²) < 4.78 is 39.3. The molecule has 8 nitrogen and oxygen atoms in total. The van der Waals surface area contributed by atoms with Gasteiger partial charge in [-0.1, -0.05) is 53.4 Å². The number of hydrogen-bond donors (Lipinski definition) is 0. The van der Waals surface area contributed by atoms with Gasteiger partial charge in [0.1, 0.15) is 0 Å². The van der Waals surface area contributed by atoms with Crippen LogP contribution in [0.25, 0.3) is 0 Å². The van der Waals surface area contributed by atoms with Crippen LogP contribution >= 0.6 is 32.1 Å². The minimum absolute atomic E-state index is 0. The van der Waals surface area contributed by atoms with Crippen molar-refractivity contribution >= 4 is 32.1 Å². The average Bonchev–Trinajstić information content (AvgIpc) is 2.62. The number of hydrogen-bond acceptors (Lipinski definition) is 8. The van der Waals surface area contributed by atoms with Crippen molar-refractivity contribution in [1.29, 1.82) is 0 Å². The van der Waals surface area contributed by atoms with Crippen LogP contribution in [-0.4, -0.2) is 24.6 Å². The topological polar surface area (TPSA) is 161 Å². The zero-order valence-corrected chi connectivity index (χ0v) is 24.2. The van der Waals surface area contributed by atoms with Gasteiger partial charge in [0.05, 0.1) is 0 Å². The molecule has 0 aromatic rings. The van der Waals surface area contributed by atoms with Gasteiger partial charge in [-0.3, -0.25) is 0 Å². The first-order chi connectivity index (χ1) is 13.1. The summed E-state index contributed by atoms with van der Waals surface area (Å²) >= 11 is 0. The Bertz CT molecular complexity index is 329. The first-order valence-corrected chi connectivity index (χ1v) is 16.0. The Labute approximate surface area is 194 Å². The molecule has 13 heteroatoms. The molecule has 178 valence electrons. The normalized spacial score (nSPS) is 13.5. The van der Waals surface area contributed by atoms with Crippen molar-refractivity contribution in [2.24, 2.45) is 0 Å². The van der Waals surface area contributed by atoms with Crippen LogP contribution in [0.1, 0.15) is 79.1 Å². The van der Waals surface area contributed by atoms with Crippen molar-refractivity contribution in [2.45, 2.75) is 79.1 Å². The molecular formula is C16H40MoO8P4. The average molecular weight is 580 g/mol. The molecule has 0 aromatic heterocycles. The van der Waals surface area contributed by atoms with Gasteiger partial charge in [-0.25, -0.2) is 0 Å². The van der Waals surface area contributed by atoms with E-state index in [4.69, 9.17) is 0 Å². The number of rotatable bonds is 12. The maximum Gasteiger partial charge on any atom is 4.00 e. The van der Waals surface area contributed by atoms with E-state index in [-0.39, 0.29) is 21.1 Å². The number of unbranched alkanes of at least 4 members (excludes halogenated alkanes) is 4. The molecule has 0 amide bonds. The van der Waals surface area contributed by atoms with Crippen LogP contribution in [-0.2, 0) is 39.3 Å². The molecule has 0 heterocycles. The van der Waals surface area contributed by atoms with Crippen LogP contribution in [0.15, 0.2) is 0 Å². The van der Waals surface area contributed by atoms with E-state index in [9.17, 15) is 37.8 Å². The largest absolute Gasteiger partial charge is 4.00 e.